The van der Waals surface area contributed by atoms with Gasteiger partial charge in [0, 0.05) is 17.7 Å². The van der Waals surface area contributed by atoms with Crippen LogP contribution in [0.2, 0.25) is 0 Å². The van der Waals surface area contributed by atoms with E-state index in [0.717, 1.165) is 37.3 Å². The molecule has 0 bridgehead atoms. The van der Waals surface area contributed by atoms with Crippen molar-refractivity contribution in [2.75, 3.05) is 0 Å². The maximum Gasteiger partial charge on any atom is 0.343 e. The summed E-state index contributed by atoms with van der Waals surface area (Å²) in [6.07, 6.45) is 9.63. The van der Waals surface area contributed by atoms with Crippen LogP contribution in [0, 0.1) is 52.4 Å². The van der Waals surface area contributed by atoms with Crippen molar-refractivity contribution in [3.05, 3.63) is 64.2 Å². The number of esters is 1. The molecule has 0 N–H and O–H groups in total. The minimum atomic E-state index is -1.20. The van der Waals surface area contributed by atoms with Gasteiger partial charge < -0.3 is 4.74 Å². The van der Waals surface area contributed by atoms with E-state index in [1.165, 1.54) is 38.2 Å². The Kier molecular flexibility index (Phi) is 7.78. The normalized spacial score (nSPS) is 23.9. The standard InChI is InChI=1S/C28H29F4NO2/c1-2-3-4-16-5-6-18-10-19(8-7-17(18)9-16)27-25(31)11-20(12-26(27)32)28(34)35-21-13-23(29)22(15-33)24(30)14-21/h11-14,16-19H,2-10H2,1H3/t16-,17-,18+,19?/m0/s1. The maximum atomic E-state index is 15.0. The largest absolute Gasteiger partial charge is 0.423 e. The molecule has 7 heteroatoms. The monoisotopic (exact) mass is 487 g/mol. The lowest BCUT2D eigenvalue weighted by Crippen LogP contribution is -2.31. The number of rotatable bonds is 6. The molecule has 0 saturated heterocycles. The zero-order valence-electron chi connectivity index (χ0n) is 19.8. The van der Waals surface area contributed by atoms with E-state index in [4.69, 9.17) is 10.00 Å². The fourth-order valence-electron chi connectivity index (χ4n) is 5.98. The van der Waals surface area contributed by atoms with E-state index in [-0.39, 0.29) is 17.0 Å². The predicted octanol–water partition coefficient (Wildman–Crippen LogP) is 7.82. The number of unbranched alkanes of at least 4 members (excludes halogenated alkanes) is 1. The summed E-state index contributed by atoms with van der Waals surface area (Å²) < 4.78 is 62.5. The van der Waals surface area contributed by atoms with Gasteiger partial charge in [0.05, 0.1) is 5.56 Å². The van der Waals surface area contributed by atoms with Gasteiger partial charge in [0.2, 0.25) is 0 Å². The third kappa shape index (κ3) is 5.52. The molecule has 2 saturated carbocycles. The van der Waals surface area contributed by atoms with Crippen LogP contribution in [0.15, 0.2) is 24.3 Å². The van der Waals surface area contributed by atoms with Gasteiger partial charge in [0.15, 0.2) is 0 Å². The summed E-state index contributed by atoms with van der Waals surface area (Å²) >= 11 is 0. The van der Waals surface area contributed by atoms with Gasteiger partial charge in [-0.25, -0.2) is 22.4 Å². The lowest BCUT2D eigenvalue weighted by atomic mass is 9.63. The smallest absolute Gasteiger partial charge is 0.343 e. The van der Waals surface area contributed by atoms with Crippen molar-refractivity contribution in [1.29, 1.82) is 5.26 Å². The first-order chi connectivity index (χ1) is 16.8. The van der Waals surface area contributed by atoms with E-state index >= 15 is 8.78 Å². The predicted molar refractivity (Wildman–Crippen MR) is 123 cm³/mol. The number of benzene rings is 2. The molecule has 3 nitrogen and oxygen atoms in total. The number of hydrogen-bond acceptors (Lipinski definition) is 3. The number of halogens is 4. The van der Waals surface area contributed by atoms with Crippen LogP contribution in [0.25, 0.3) is 0 Å². The van der Waals surface area contributed by atoms with E-state index in [1.807, 2.05) is 0 Å². The molecule has 0 aliphatic heterocycles. The van der Waals surface area contributed by atoms with Crippen LogP contribution < -0.4 is 4.74 Å². The molecular weight excluding hydrogens is 458 g/mol. The molecule has 186 valence electrons. The minimum absolute atomic E-state index is 0.00330. The van der Waals surface area contributed by atoms with Crippen molar-refractivity contribution in [3.63, 3.8) is 0 Å². The lowest BCUT2D eigenvalue weighted by Gasteiger charge is -2.42. The molecule has 0 radical (unpaired) electrons. The van der Waals surface area contributed by atoms with Crippen LogP contribution in [-0.4, -0.2) is 5.97 Å². The van der Waals surface area contributed by atoms with E-state index in [2.05, 4.69) is 6.92 Å². The molecule has 2 aromatic carbocycles. The Balaban J connectivity index is 1.45. The van der Waals surface area contributed by atoms with Crippen molar-refractivity contribution < 1.29 is 27.1 Å². The molecule has 0 heterocycles. The molecule has 4 rings (SSSR count). The number of carbonyl (C=O) groups is 1. The summed E-state index contributed by atoms with van der Waals surface area (Å²) in [4.78, 5) is 12.4. The molecule has 1 unspecified atom stereocenters. The molecule has 2 aliphatic carbocycles. The zero-order valence-corrected chi connectivity index (χ0v) is 19.8. The Morgan fingerprint density at radius 1 is 0.943 bits per heavy atom. The van der Waals surface area contributed by atoms with Crippen LogP contribution in [0.5, 0.6) is 5.75 Å². The summed E-state index contributed by atoms with van der Waals surface area (Å²) in [6, 6.07) is 4.56. The minimum Gasteiger partial charge on any atom is -0.423 e. The quantitative estimate of drug-likeness (QED) is 0.237. The van der Waals surface area contributed by atoms with Gasteiger partial charge in [0.25, 0.3) is 0 Å². The second kappa shape index (κ2) is 10.8. The Morgan fingerprint density at radius 3 is 2.20 bits per heavy atom. The van der Waals surface area contributed by atoms with Crippen molar-refractivity contribution in [2.45, 2.75) is 70.6 Å². The highest BCUT2D eigenvalue weighted by Crippen LogP contribution is 2.49. The van der Waals surface area contributed by atoms with Crippen molar-refractivity contribution >= 4 is 5.97 Å². The summed E-state index contributed by atoms with van der Waals surface area (Å²) in [5.41, 5.74) is -1.20. The van der Waals surface area contributed by atoms with Gasteiger partial charge in [0.1, 0.15) is 40.7 Å². The number of ether oxygens (including phenoxy) is 1. The fourth-order valence-corrected chi connectivity index (χ4v) is 5.98. The third-order valence-corrected chi connectivity index (χ3v) is 7.75. The van der Waals surface area contributed by atoms with Gasteiger partial charge in [-0.2, -0.15) is 5.26 Å². The second-order valence-electron chi connectivity index (χ2n) is 9.97. The van der Waals surface area contributed by atoms with E-state index in [1.54, 1.807) is 0 Å². The SMILES string of the molecule is CCCC[C@H]1CC[C@@H]2CC(c3c(F)cc(C(=O)Oc4cc(F)c(C#N)c(F)c4)cc3F)CC[C@H]2C1. The molecule has 4 atom stereocenters. The molecule has 35 heavy (non-hydrogen) atoms. The second-order valence-corrected chi connectivity index (χ2v) is 9.97. The van der Waals surface area contributed by atoms with Crippen molar-refractivity contribution in [3.8, 4) is 11.8 Å². The first-order valence-corrected chi connectivity index (χ1v) is 12.4. The highest BCUT2D eigenvalue weighted by atomic mass is 19.1. The summed E-state index contributed by atoms with van der Waals surface area (Å²) in [6.45, 7) is 2.21. The van der Waals surface area contributed by atoms with E-state index < -0.39 is 40.6 Å². The molecule has 2 fully saturated rings. The molecular formula is C28H29F4NO2. The topological polar surface area (TPSA) is 50.1 Å². The highest BCUT2D eigenvalue weighted by molar-refractivity contribution is 5.91. The van der Waals surface area contributed by atoms with Crippen LogP contribution in [-0.2, 0) is 0 Å². The number of fused-ring (bicyclic) bond motifs is 1. The maximum absolute atomic E-state index is 15.0. The van der Waals surface area contributed by atoms with Crippen LogP contribution in [0.1, 0.15) is 92.1 Å². The molecule has 0 amide bonds. The van der Waals surface area contributed by atoms with Crippen molar-refractivity contribution in [2.24, 2.45) is 17.8 Å². The molecule has 0 spiro atoms. The Labute approximate surface area is 203 Å². The van der Waals surface area contributed by atoms with E-state index in [0.29, 0.717) is 30.4 Å². The average Bonchev–Trinajstić information content (AvgIpc) is 2.82. The number of carbonyl (C=O) groups excluding carboxylic acids is 1. The van der Waals surface area contributed by atoms with Gasteiger partial charge >= 0.3 is 5.97 Å². The number of nitriles is 1. The van der Waals surface area contributed by atoms with Gasteiger partial charge in [-0.05, 0) is 67.9 Å². The third-order valence-electron chi connectivity index (χ3n) is 7.75. The fraction of sp³-hybridized carbons (Fsp3) is 0.500. The summed E-state index contributed by atoms with van der Waals surface area (Å²) in [5, 5.41) is 8.73. The summed E-state index contributed by atoms with van der Waals surface area (Å²) in [5.74, 6) is -4.04. The van der Waals surface area contributed by atoms with E-state index in [9.17, 15) is 13.6 Å². The number of hydrogen-bond donors (Lipinski definition) is 0. The average molecular weight is 488 g/mol. The Bertz CT molecular complexity index is 1100. The molecule has 2 aliphatic rings. The number of nitrogens with zero attached hydrogens (tertiary/aromatic N) is 1. The first-order valence-electron chi connectivity index (χ1n) is 12.4. The van der Waals surface area contributed by atoms with Crippen LogP contribution in [0.4, 0.5) is 17.6 Å². The molecule has 2 aromatic rings. The summed E-state index contributed by atoms with van der Waals surface area (Å²) in [7, 11) is 0. The van der Waals surface area contributed by atoms with Crippen LogP contribution >= 0.6 is 0 Å². The zero-order chi connectivity index (χ0) is 25.1. The first kappa shape index (κ1) is 25.2. The Hall–Kier alpha value is -2.88. The van der Waals surface area contributed by atoms with Crippen molar-refractivity contribution in [1.82, 2.24) is 0 Å². The lowest BCUT2D eigenvalue weighted by molar-refractivity contribution is 0.0732. The molecule has 0 aromatic heterocycles. The highest BCUT2D eigenvalue weighted by Gasteiger charge is 2.37. The van der Waals surface area contributed by atoms with Gasteiger partial charge in [-0.1, -0.05) is 32.6 Å². The van der Waals surface area contributed by atoms with Gasteiger partial charge in [-0.3, -0.25) is 0 Å². The Morgan fingerprint density at radius 2 is 1.57 bits per heavy atom. The van der Waals surface area contributed by atoms with Crippen LogP contribution in [0.3, 0.4) is 0 Å². The van der Waals surface area contributed by atoms with Gasteiger partial charge in [-0.15, -0.1) is 0 Å².